The molecule has 250 valence electrons. The molecule has 1 aromatic carbocycles. The monoisotopic (exact) mass is 633 g/mol. The van der Waals surface area contributed by atoms with E-state index in [-0.39, 0.29) is 42.8 Å². The third-order valence-electron chi connectivity index (χ3n) is 9.50. The maximum absolute atomic E-state index is 13.1. The van der Waals surface area contributed by atoms with Crippen molar-refractivity contribution in [3.8, 4) is 11.5 Å². The van der Waals surface area contributed by atoms with Gasteiger partial charge in [0, 0.05) is 29.8 Å². The lowest BCUT2D eigenvalue weighted by atomic mass is 9.72. The van der Waals surface area contributed by atoms with E-state index in [4.69, 9.17) is 23.4 Å². The number of hydrogen-bond acceptors (Lipinski definition) is 11. The Balaban J connectivity index is 1.60. The first-order chi connectivity index (χ1) is 21.6. The number of nitrogens with one attached hydrogen (secondary N) is 1. The van der Waals surface area contributed by atoms with Crippen LogP contribution in [0.25, 0.3) is 11.0 Å². The van der Waals surface area contributed by atoms with Gasteiger partial charge in [-0.05, 0) is 56.6 Å². The lowest BCUT2D eigenvalue weighted by Crippen LogP contribution is -2.60. The van der Waals surface area contributed by atoms with Crippen LogP contribution in [0.3, 0.4) is 0 Å². The molecule has 12 heteroatoms. The summed E-state index contributed by atoms with van der Waals surface area (Å²) in [5.41, 5.74) is 1.30. The number of rotatable bonds is 13. The summed E-state index contributed by atoms with van der Waals surface area (Å²) in [5.74, 6) is 0.402. The van der Waals surface area contributed by atoms with Crippen molar-refractivity contribution in [2.24, 2.45) is 11.3 Å². The first-order valence-corrected chi connectivity index (χ1v) is 16.2. The molecular weight excluding hydrogens is 586 g/mol. The number of esters is 1. The van der Waals surface area contributed by atoms with Gasteiger partial charge in [0.2, 0.25) is 17.9 Å². The molecule has 12 nitrogen and oxygen atoms in total. The zero-order chi connectivity index (χ0) is 32.3. The number of ether oxygens (including phenoxy) is 4. The Hall–Kier alpha value is -2.90. The fourth-order valence-electron chi connectivity index (χ4n) is 7.04. The van der Waals surface area contributed by atoms with Gasteiger partial charge >= 0.3 is 5.97 Å². The molecule has 3 aliphatic rings. The quantitative estimate of drug-likeness (QED) is 0.162. The van der Waals surface area contributed by atoms with Gasteiger partial charge in [0.15, 0.2) is 11.3 Å². The lowest BCUT2D eigenvalue weighted by molar-refractivity contribution is -0.277. The van der Waals surface area contributed by atoms with Crippen molar-refractivity contribution in [1.82, 2.24) is 5.32 Å². The standard InChI is InChI=1S/C33H47NO11/c1-4-41-24(36)10-9-19-14-20-21(22-15-34-32(40)33(22)11-5-6-12-33)17-43-29(20)30(42-13-7-8-18(2)3)28(19)45-31-27(39)26(38)25(37)23(16-35)44-31/h14,17-18,22-23,25-27,31,35,37-39H,4-13,15-16H2,1-3H3,(H,34,40)/t22-,23-,25-,26+,27-,31+/m1/s1. The van der Waals surface area contributed by atoms with Crippen molar-refractivity contribution >= 4 is 22.8 Å². The first kappa shape index (κ1) is 33.5. The molecule has 6 atom stereocenters. The number of hydrogen-bond donors (Lipinski definition) is 5. The highest BCUT2D eigenvalue weighted by atomic mass is 16.7. The molecule has 3 heterocycles. The Morgan fingerprint density at radius 2 is 1.89 bits per heavy atom. The third-order valence-corrected chi connectivity index (χ3v) is 9.50. The molecular formula is C33H47NO11. The second-order valence-electron chi connectivity index (χ2n) is 12.9. The van der Waals surface area contributed by atoms with Crippen LogP contribution in [-0.2, 0) is 25.5 Å². The third kappa shape index (κ3) is 6.66. The van der Waals surface area contributed by atoms with E-state index in [0.29, 0.717) is 30.2 Å². The molecule has 1 spiro atoms. The van der Waals surface area contributed by atoms with Crippen LogP contribution in [0.2, 0.25) is 0 Å². The zero-order valence-electron chi connectivity index (χ0n) is 26.3. The molecule has 5 N–H and O–H groups in total. The summed E-state index contributed by atoms with van der Waals surface area (Å²) in [7, 11) is 0. The highest BCUT2D eigenvalue weighted by molar-refractivity contribution is 5.93. The fourth-order valence-corrected chi connectivity index (χ4v) is 7.04. The van der Waals surface area contributed by atoms with E-state index in [0.717, 1.165) is 49.5 Å². The minimum Gasteiger partial charge on any atom is -0.486 e. The number of furan rings is 1. The van der Waals surface area contributed by atoms with Crippen LogP contribution in [0.4, 0.5) is 0 Å². The number of amides is 1. The van der Waals surface area contributed by atoms with Gasteiger partial charge in [-0.1, -0.05) is 26.7 Å². The van der Waals surface area contributed by atoms with Gasteiger partial charge in [-0.3, -0.25) is 9.59 Å². The average Bonchev–Trinajstić information content (AvgIpc) is 3.75. The van der Waals surface area contributed by atoms with Gasteiger partial charge in [-0.15, -0.1) is 0 Å². The van der Waals surface area contributed by atoms with E-state index >= 15 is 0 Å². The van der Waals surface area contributed by atoms with Crippen LogP contribution in [0.1, 0.15) is 82.8 Å². The number of fused-ring (bicyclic) bond motifs is 1. The van der Waals surface area contributed by atoms with E-state index in [1.54, 1.807) is 13.2 Å². The molecule has 1 amide bonds. The summed E-state index contributed by atoms with van der Waals surface area (Å²) in [4.78, 5) is 25.6. The Labute approximate surface area is 263 Å². The van der Waals surface area contributed by atoms with Crippen molar-refractivity contribution in [3.05, 3.63) is 23.5 Å². The highest BCUT2D eigenvalue weighted by Gasteiger charge is 2.53. The van der Waals surface area contributed by atoms with Gasteiger partial charge < -0.3 is 49.1 Å². The van der Waals surface area contributed by atoms with Crippen molar-refractivity contribution in [2.45, 2.75) is 109 Å². The molecule has 2 saturated heterocycles. The summed E-state index contributed by atoms with van der Waals surface area (Å²) in [6.45, 7) is 6.39. The predicted octanol–water partition coefficient (Wildman–Crippen LogP) is 2.70. The molecule has 2 aliphatic heterocycles. The van der Waals surface area contributed by atoms with E-state index in [1.165, 1.54) is 0 Å². The number of benzene rings is 1. The maximum atomic E-state index is 13.1. The number of aryl methyl sites for hydroxylation is 1. The number of aliphatic hydroxyl groups excluding tert-OH is 4. The van der Waals surface area contributed by atoms with Crippen LogP contribution in [-0.4, -0.2) is 89.4 Å². The molecule has 3 fully saturated rings. The molecule has 0 bridgehead atoms. The first-order valence-electron chi connectivity index (χ1n) is 16.2. The number of carbonyl (C=O) groups is 2. The Morgan fingerprint density at radius 1 is 1.13 bits per heavy atom. The molecule has 0 unspecified atom stereocenters. The number of carbonyl (C=O) groups excluding carboxylic acids is 2. The smallest absolute Gasteiger partial charge is 0.306 e. The van der Waals surface area contributed by atoms with Crippen molar-refractivity contribution in [2.75, 3.05) is 26.4 Å². The Morgan fingerprint density at radius 3 is 2.58 bits per heavy atom. The largest absolute Gasteiger partial charge is 0.486 e. The van der Waals surface area contributed by atoms with Crippen LogP contribution < -0.4 is 14.8 Å². The topological polar surface area (TPSA) is 177 Å². The van der Waals surface area contributed by atoms with Crippen molar-refractivity contribution in [3.63, 3.8) is 0 Å². The second-order valence-corrected chi connectivity index (χ2v) is 12.9. The summed E-state index contributed by atoms with van der Waals surface area (Å²) >= 11 is 0. The summed E-state index contributed by atoms with van der Waals surface area (Å²) < 4.78 is 29.7. The lowest BCUT2D eigenvalue weighted by Gasteiger charge is -2.39. The van der Waals surface area contributed by atoms with E-state index < -0.39 is 48.7 Å². The molecule has 45 heavy (non-hydrogen) atoms. The molecule has 2 aromatic rings. The van der Waals surface area contributed by atoms with E-state index in [2.05, 4.69) is 19.2 Å². The van der Waals surface area contributed by atoms with Gasteiger partial charge in [0.05, 0.1) is 31.5 Å². The van der Waals surface area contributed by atoms with Gasteiger partial charge in [0.25, 0.3) is 0 Å². The fraction of sp³-hybridized carbons (Fsp3) is 0.697. The van der Waals surface area contributed by atoms with Gasteiger partial charge in [0.1, 0.15) is 24.4 Å². The second kappa shape index (κ2) is 14.3. The minimum atomic E-state index is -1.66. The van der Waals surface area contributed by atoms with Crippen molar-refractivity contribution < 1.29 is 53.4 Å². The van der Waals surface area contributed by atoms with Crippen LogP contribution in [0.5, 0.6) is 11.5 Å². The Bertz CT molecular complexity index is 1330. The van der Waals surface area contributed by atoms with Gasteiger partial charge in [-0.25, -0.2) is 0 Å². The molecule has 5 rings (SSSR count). The van der Waals surface area contributed by atoms with Gasteiger partial charge in [-0.2, -0.15) is 0 Å². The molecule has 1 aliphatic carbocycles. The summed E-state index contributed by atoms with van der Waals surface area (Å²) in [6.07, 6.45) is -0.444. The van der Waals surface area contributed by atoms with Crippen LogP contribution in [0.15, 0.2) is 16.7 Å². The summed E-state index contributed by atoms with van der Waals surface area (Å²) in [6, 6.07) is 1.86. The predicted molar refractivity (Wildman–Crippen MR) is 162 cm³/mol. The van der Waals surface area contributed by atoms with Crippen molar-refractivity contribution in [1.29, 1.82) is 0 Å². The normalized spacial score (nSPS) is 27.8. The summed E-state index contributed by atoms with van der Waals surface area (Å²) in [5, 5.41) is 45.1. The van der Waals surface area contributed by atoms with E-state index in [9.17, 15) is 30.0 Å². The zero-order valence-corrected chi connectivity index (χ0v) is 26.3. The molecule has 1 saturated carbocycles. The maximum Gasteiger partial charge on any atom is 0.306 e. The molecule has 0 radical (unpaired) electrons. The highest BCUT2D eigenvalue weighted by Crippen LogP contribution is 2.54. The van der Waals surface area contributed by atoms with Crippen LogP contribution >= 0.6 is 0 Å². The SMILES string of the molecule is CCOC(=O)CCc1cc2c([C@H]3CNC(=O)C34CCCC4)coc2c(OCCCC(C)C)c1O[C@@H]1O[C@H](CO)[C@@H](O)[C@H](O)[C@H]1O. The molecule has 1 aromatic heterocycles. The Kier molecular flexibility index (Phi) is 10.6. The average molecular weight is 634 g/mol. The van der Waals surface area contributed by atoms with Crippen LogP contribution in [0, 0.1) is 11.3 Å². The minimum absolute atomic E-state index is 0.0256. The van der Waals surface area contributed by atoms with E-state index in [1.807, 2.05) is 6.07 Å². The number of aliphatic hydroxyl groups is 4.